The average molecular weight is 372 g/mol. The predicted octanol–water partition coefficient (Wildman–Crippen LogP) is 5.13. The Hall–Kier alpha value is -2.26. The van der Waals surface area contributed by atoms with E-state index in [1.54, 1.807) is 0 Å². The molecule has 1 saturated carbocycles. The molecule has 2 aliphatic rings. The normalized spacial score (nSPS) is 21.7. The summed E-state index contributed by atoms with van der Waals surface area (Å²) in [5.41, 5.74) is 5.18. The molecule has 1 aliphatic heterocycles. The van der Waals surface area contributed by atoms with E-state index < -0.39 is 0 Å². The van der Waals surface area contributed by atoms with Crippen LogP contribution in [-0.4, -0.2) is 34.0 Å². The SMILES string of the molecule is C[C@@H]1CCCN1CCc1cccc2ccc(C3(c4cccnc4)CCC3)nc12. The van der Waals surface area contributed by atoms with Gasteiger partial charge in [0.2, 0.25) is 0 Å². The third-order valence-corrected chi connectivity index (χ3v) is 7.07. The Kier molecular flexibility index (Phi) is 4.64. The van der Waals surface area contributed by atoms with E-state index in [0.717, 1.165) is 19.0 Å². The summed E-state index contributed by atoms with van der Waals surface area (Å²) in [6, 6.07) is 16.2. The summed E-state index contributed by atoms with van der Waals surface area (Å²) >= 11 is 0. The number of hydrogen-bond donors (Lipinski definition) is 0. The van der Waals surface area contributed by atoms with Gasteiger partial charge in [-0.05, 0) is 68.8 Å². The summed E-state index contributed by atoms with van der Waals surface area (Å²) in [5.74, 6) is 0. The molecule has 0 amide bonds. The lowest BCUT2D eigenvalue weighted by atomic mass is 9.62. The molecule has 1 saturated heterocycles. The van der Waals surface area contributed by atoms with Crippen molar-refractivity contribution in [1.82, 2.24) is 14.9 Å². The predicted molar refractivity (Wildman–Crippen MR) is 115 cm³/mol. The maximum Gasteiger partial charge on any atom is 0.0738 e. The van der Waals surface area contributed by atoms with Crippen molar-refractivity contribution in [2.45, 2.75) is 56.9 Å². The number of para-hydroxylation sites is 1. The molecule has 2 aromatic heterocycles. The lowest BCUT2D eigenvalue weighted by molar-refractivity contribution is 0.272. The molecular formula is C25H29N3. The topological polar surface area (TPSA) is 29.0 Å². The molecule has 28 heavy (non-hydrogen) atoms. The maximum absolute atomic E-state index is 5.26. The second kappa shape index (κ2) is 7.29. The quantitative estimate of drug-likeness (QED) is 0.623. The van der Waals surface area contributed by atoms with E-state index in [-0.39, 0.29) is 5.41 Å². The second-order valence-corrected chi connectivity index (χ2v) is 8.64. The van der Waals surface area contributed by atoms with Gasteiger partial charge in [-0.2, -0.15) is 0 Å². The zero-order valence-electron chi connectivity index (χ0n) is 16.8. The standard InChI is InChI=1S/C25H29N3/c1-19-6-4-16-28(19)17-12-21-8-2-7-20-10-11-23(27-24(20)21)25(13-5-14-25)22-9-3-15-26-18-22/h2-3,7-11,15,18-19H,4-6,12-14,16-17H2,1H3/t19-/m1/s1. The number of pyridine rings is 2. The lowest BCUT2D eigenvalue weighted by Gasteiger charge is -2.41. The minimum absolute atomic E-state index is 0.0546. The molecule has 1 aliphatic carbocycles. The van der Waals surface area contributed by atoms with Gasteiger partial charge in [-0.25, -0.2) is 0 Å². The Morgan fingerprint density at radius 2 is 2.00 bits per heavy atom. The van der Waals surface area contributed by atoms with Crippen molar-refractivity contribution in [3.63, 3.8) is 0 Å². The van der Waals surface area contributed by atoms with E-state index >= 15 is 0 Å². The van der Waals surface area contributed by atoms with Crippen LogP contribution in [0.25, 0.3) is 10.9 Å². The monoisotopic (exact) mass is 371 g/mol. The van der Waals surface area contributed by atoms with E-state index in [1.807, 2.05) is 12.4 Å². The Balaban J connectivity index is 1.50. The number of aromatic nitrogens is 2. The number of fused-ring (bicyclic) bond motifs is 1. The summed E-state index contributed by atoms with van der Waals surface area (Å²) in [6.45, 7) is 4.75. The minimum atomic E-state index is 0.0546. The van der Waals surface area contributed by atoms with Crippen molar-refractivity contribution < 1.29 is 0 Å². The molecular weight excluding hydrogens is 342 g/mol. The van der Waals surface area contributed by atoms with Crippen LogP contribution in [0.1, 0.15) is 55.8 Å². The van der Waals surface area contributed by atoms with Crippen LogP contribution >= 0.6 is 0 Å². The molecule has 0 N–H and O–H groups in total. The van der Waals surface area contributed by atoms with Gasteiger partial charge in [0, 0.05) is 35.8 Å². The number of benzene rings is 1. The third kappa shape index (κ3) is 3.02. The van der Waals surface area contributed by atoms with Gasteiger partial charge in [-0.3, -0.25) is 9.97 Å². The molecule has 2 fully saturated rings. The van der Waals surface area contributed by atoms with Crippen molar-refractivity contribution in [3.05, 3.63) is 71.7 Å². The first kappa shape index (κ1) is 17.8. The molecule has 3 aromatic rings. The minimum Gasteiger partial charge on any atom is -0.300 e. The summed E-state index contributed by atoms with van der Waals surface area (Å²) in [6.07, 6.45) is 11.3. The third-order valence-electron chi connectivity index (χ3n) is 7.07. The van der Waals surface area contributed by atoms with Crippen LogP contribution in [0.5, 0.6) is 0 Å². The molecule has 0 unspecified atom stereocenters. The van der Waals surface area contributed by atoms with Gasteiger partial charge in [0.1, 0.15) is 0 Å². The van der Waals surface area contributed by atoms with E-state index in [0.29, 0.717) is 0 Å². The molecule has 5 rings (SSSR count). The van der Waals surface area contributed by atoms with Crippen LogP contribution in [0.15, 0.2) is 54.9 Å². The Bertz CT molecular complexity index is 962. The molecule has 3 nitrogen and oxygen atoms in total. The zero-order valence-corrected chi connectivity index (χ0v) is 16.8. The van der Waals surface area contributed by atoms with Crippen LogP contribution in [0.4, 0.5) is 0 Å². The molecule has 1 aromatic carbocycles. The summed E-state index contributed by atoms with van der Waals surface area (Å²) in [7, 11) is 0. The van der Waals surface area contributed by atoms with Crippen molar-refractivity contribution in [2.24, 2.45) is 0 Å². The van der Waals surface area contributed by atoms with Gasteiger partial charge >= 0.3 is 0 Å². The van der Waals surface area contributed by atoms with E-state index in [9.17, 15) is 0 Å². The van der Waals surface area contributed by atoms with Crippen LogP contribution < -0.4 is 0 Å². The highest BCUT2D eigenvalue weighted by molar-refractivity contribution is 5.82. The van der Waals surface area contributed by atoms with Gasteiger partial charge < -0.3 is 4.90 Å². The largest absolute Gasteiger partial charge is 0.300 e. The first-order valence-electron chi connectivity index (χ1n) is 10.8. The smallest absolute Gasteiger partial charge is 0.0738 e. The van der Waals surface area contributed by atoms with Crippen LogP contribution in [0.2, 0.25) is 0 Å². The molecule has 0 spiro atoms. The maximum atomic E-state index is 5.26. The number of nitrogens with zero attached hydrogens (tertiary/aromatic N) is 3. The number of hydrogen-bond acceptors (Lipinski definition) is 3. The van der Waals surface area contributed by atoms with Crippen molar-refractivity contribution >= 4 is 10.9 Å². The van der Waals surface area contributed by atoms with Crippen LogP contribution in [0.3, 0.4) is 0 Å². The van der Waals surface area contributed by atoms with E-state index in [2.05, 4.69) is 59.3 Å². The molecule has 0 bridgehead atoms. The van der Waals surface area contributed by atoms with Crippen LogP contribution in [0, 0.1) is 0 Å². The highest BCUT2D eigenvalue weighted by Gasteiger charge is 2.41. The molecule has 0 radical (unpaired) electrons. The molecule has 144 valence electrons. The molecule has 3 heterocycles. The second-order valence-electron chi connectivity index (χ2n) is 8.64. The fourth-order valence-electron chi connectivity index (χ4n) is 5.13. The van der Waals surface area contributed by atoms with Crippen molar-refractivity contribution in [2.75, 3.05) is 13.1 Å². The summed E-state index contributed by atoms with van der Waals surface area (Å²) < 4.78 is 0. The van der Waals surface area contributed by atoms with Gasteiger partial charge in [-0.15, -0.1) is 0 Å². The summed E-state index contributed by atoms with van der Waals surface area (Å²) in [4.78, 5) is 12.3. The molecule has 3 heteroatoms. The fraction of sp³-hybridized carbons (Fsp3) is 0.440. The first-order valence-corrected chi connectivity index (χ1v) is 10.8. The average Bonchev–Trinajstić information content (AvgIpc) is 3.11. The van der Waals surface area contributed by atoms with Crippen molar-refractivity contribution in [3.8, 4) is 0 Å². The lowest BCUT2D eigenvalue weighted by Crippen LogP contribution is -2.36. The number of likely N-dealkylation sites (tertiary alicyclic amines) is 1. The van der Waals surface area contributed by atoms with E-state index in [4.69, 9.17) is 4.98 Å². The van der Waals surface area contributed by atoms with Crippen LogP contribution in [-0.2, 0) is 11.8 Å². The van der Waals surface area contributed by atoms with E-state index in [1.165, 1.54) is 66.4 Å². The highest BCUT2D eigenvalue weighted by Crippen LogP contribution is 2.48. The zero-order chi connectivity index (χ0) is 19.0. The van der Waals surface area contributed by atoms with Gasteiger partial charge in [0.05, 0.1) is 11.2 Å². The Morgan fingerprint density at radius 1 is 1.07 bits per heavy atom. The molecule has 1 atom stereocenters. The first-order chi connectivity index (χ1) is 13.8. The van der Waals surface area contributed by atoms with Gasteiger partial charge in [0.15, 0.2) is 0 Å². The Morgan fingerprint density at radius 3 is 2.71 bits per heavy atom. The number of rotatable bonds is 5. The highest BCUT2D eigenvalue weighted by atomic mass is 15.2. The van der Waals surface area contributed by atoms with Crippen molar-refractivity contribution in [1.29, 1.82) is 0 Å². The van der Waals surface area contributed by atoms with Gasteiger partial charge in [0.25, 0.3) is 0 Å². The Labute approximate surface area is 167 Å². The summed E-state index contributed by atoms with van der Waals surface area (Å²) in [5, 5.41) is 1.26. The fourth-order valence-corrected chi connectivity index (χ4v) is 5.13. The van der Waals surface area contributed by atoms with Gasteiger partial charge in [-0.1, -0.05) is 36.8 Å².